The second-order valence-corrected chi connectivity index (χ2v) is 1.22. The molecule has 0 saturated heterocycles. The van der Waals surface area contributed by atoms with Crippen LogP contribution in [0.25, 0.3) is 0 Å². The molecule has 0 N–H and O–H groups in total. The van der Waals surface area contributed by atoms with Gasteiger partial charge in [-0.25, -0.2) is 0 Å². The standard InChI is InChI=1S/C5H9N.Cu.Y/c1-4-5(2)6-3;;/h3-5H,1-2H3;;/q-2;;. The van der Waals surface area contributed by atoms with Crippen molar-refractivity contribution in [3.63, 3.8) is 0 Å². The van der Waals surface area contributed by atoms with Gasteiger partial charge in [-0.15, -0.1) is 6.04 Å². The Morgan fingerprint density at radius 3 is 2.00 bits per heavy atom. The Labute approximate surface area is 87.1 Å². The molecule has 0 saturated carbocycles. The van der Waals surface area contributed by atoms with Gasteiger partial charge >= 0.3 is 0 Å². The molecule has 0 fully saturated rings. The van der Waals surface area contributed by atoms with Gasteiger partial charge in [-0.1, -0.05) is 6.92 Å². The summed E-state index contributed by atoms with van der Waals surface area (Å²) in [6.45, 7) is 8.74. The minimum Gasteiger partial charge on any atom is -0.533 e. The van der Waals surface area contributed by atoms with Crippen LogP contribution in [0.3, 0.4) is 0 Å². The first-order valence-electron chi connectivity index (χ1n) is 2.00. The molecule has 2 radical (unpaired) electrons. The maximum Gasteiger partial charge on any atom is 0 e. The van der Waals surface area contributed by atoms with Crippen LogP contribution in [0, 0.1) is 6.42 Å². The van der Waals surface area contributed by atoms with Crippen LogP contribution in [0.4, 0.5) is 0 Å². The van der Waals surface area contributed by atoms with Gasteiger partial charge in [0.15, 0.2) is 0 Å². The topological polar surface area (TPSA) is 12.4 Å². The van der Waals surface area contributed by atoms with Crippen molar-refractivity contribution in [3.05, 3.63) is 6.42 Å². The predicted octanol–water partition coefficient (Wildman–Crippen LogP) is 1.17. The molecule has 0 amide bonds. The van der Waals surface area contributed by atoms with E-state index in [9.17, 15) is 0 Å². The van der Waals surface area contributed by atoms with Crippen molar-refractivity contribution in [1.82, 2.24) is 0 Å². The Kier molecular flexibility index (Phi) is 22.5. The van der Waals surface area contributed by atoms with Gasteiger partial charge in [-0.05, 0) is 0 Å². The molecule has 0 aromatic rings. The monoisotopic (exact) mass is 235 g/mol. The first kappa shape index (κ1) is 16.1. The molecule has 1 unspecified atom stereocenters. The zero-order valence-corrected chi connectivity index (χ0v) is 8.84. The Morgan fingerprint density at radius 1 is 1.62 bits per heavy atom. The summed E-state index contributed by atoms with van der Waals surface area (Å²) in [5.41, 5.74) is 0. The first-order chi connectivity index (χ1) is 2.81. The Hall–Kier alpha value is 1.29. The van der Waals surface area contributed by atoms with E-state index < -0.39 is 0 Å². The van der Waals surface area contributed by atoms with Crippen molar-refractivity contribution < 1.29 is 49.8 Å². The summed E-state index contributed by atoms with van der Waals surface area (Å²) in [7, 11) is 0. The van der Waals surface area contributed by atoms with Crippen LogP contribution in [-0.4, -0.2) is 12.8 Å². The summed E-state index contributed by atoms with van der Waals surface area (Å²) in [4.78, 5) is 3.45. The van der Waals surface area contributed by atoms with E-state index in [0.29, 0.717) is 0 Å². The SMILES string of the molecule is [CH-]=NC(C)[CH-]C.[Cu].[Y]. The van der Waals surface area contributed by atoms with Crippen LogP contribution < -0.4 is 0 Å². The van der Waals surface area contributed by atoms with Gasteiger partial charge in [0.1, 0.15) is 0 Å². The number of aliphatic imine (C=N–C) groups is 1. The molecule has 0 bridgehead atoms. The molecule has 8 heavy (non-hydrogen) atoms. The van der Waals surface area contributed by atoms with Crippen molar-refractivity contribution in [3.8, 4) is 0 Å². The van der Waals surface area contributed by atoms with Gasteiger partial charge in [-0.2, -0.15) is 6.92 Å². The van der Waals surface area contributed by atoms with Crippen molar-refractivity contribution in [2.75, 3.05) is 0 Å². The molecule has 1 atom stereocenters. The molecule has 0 spiro atoms. The van der Waals surface area contributed by atoms with E-state index in [1.807, 2.05) is 20.3 Å². The number of nitrogens with zero attached hydrogens (tertiary/aromatic N) is 1. The summed E-state index contributed by atoms with van der Waals surface area (Å²) in [6, 6.07) is 0.213. The molecule has 3 heteroatoms. The van der Waals surface area contributed by atoms with Gasteiger partial charge in [-0.3, -0.25) is 0 Å². The summed E-state index contributed by atoms with van der Waals surface area (Å²) < 4.78 is 0. The second kappa shape index (κ2) is 11.1. The number of hydrogen-bond acceptors (Lipinski definition) is 1. The minimum atomic E-state index is 0. The molecule has 0 aliphatic heterocycles. The normalized spacial score (nSPS) is 10.2. The van der Waals surface area contributed by atoms with Gasteiger partial charge in [0.25, 0.3) is 0 Å². The Morgan fingerprint density at radius 2 is 2.00 bits per heavy atom. The van der Waals surface area contributed by atoms with Crippen molar-refractivity contribution >= 4 is 6.72 Å². The van der Waals surface area contributed by atoms with Gasteiger partial charge in [0.05, 0.1) is 0 Å². The first-order valence-corrected chi connectivity index (χ1v) is 2.00. The molecule has 0 rings (SSSR count). The van der Waals surface area contributed by atoms with Crippen LogP contribution in [0.15, 0.2) is 4.99 Å². The zero-order chi connectivity index (χ0) is 4.99. The predicted molar refractivity (Wildman–Crippen MR) is 27.9 cm³/mol. The molecule has 0 heterocycles. The van der Waals surface area contributed by atoms with E-state index in [-0.39, 0.29) is 55.8 Å². The third-order valence-electron chi connectivity index (χ3n) is 0.718. The maximum atomic E-state index is 4.88. The summed E-state index contributed by atoms with van der Waals surface area (Å²) >= 11 is 0. The Balaban J connectivity index is -0.000000125. The average Bonchev–Trinajstić information content (AvgIpc) is 1.65. The third-order valence-corrected chi connectivity index (χ3v) is 0.718. The smallest absolute Gasteiger partial charge is 0 e. The van der Waals surface area contributed by atoms with E-state index in [4.69, 9.17) is 6.72 Å². The molecule has 0 aromatic heterocycles. The summed E-state index contributed by atoms with van der Waals surface area (Å²) in [5, 5.41) is 0. The van der Waals surface area contributed by atoms with Gasteiger partial charge in [0, 0.05) is 49.8 Å². The molecule has 0 aromatic carbocycles. The van der Waals surface area contributed by atoms with Crippen LogP contribution >= 0.6 is 0 Å². The fraction of sp³-hybridized carbons (Fsp3) is 0.600. The van der Waals surface area contributed by atoms with Crippen molar-refractivity contribution in [2.24, 2.45) is 4.99 Å². The fourth-order valence-corrected chi connectivity index (χ4v) is 0.0861. The molecular weight excluding hydrogens is 227 g/mol. The molecule has 0 aliphatic rings. The minimum absolute atomic E-state index is 0. The second-order valence-electron chi connectivity index (χ2n) is 1.22. The maximum absolute atomic E-state index is 4.88. The van der Waals surface area contributed by atoms with Crippen molar-refractivity contribution in [1.29, 1.82) is 0 Å². The third kappa shape index (κ3) is 10.3. The number of hydrogen-bond donors (Lipinski definition) is 0. The quantitative estimate of drug-likeness (QED) is 0.387. The van der Waals surface area contributed by atoms with Crippen LogP contribution in [0.1, 0.15) is 13.8 Å². The van der Waals surface area contributed by atoms with Crippen LogP contribution in [0.5, 0.6) is 0 Å². The van der Waals surface area contributed by atoms with E-state index in [2.05, 4.69) is 4.99 Å². The molecule has 50 valence electrons. The number of rotatable bonds is 2. The van der Waals surface area contributed by atoms with Gasteiger partial charge < -0.3 is 18.1 Å². The van der Waals surface area contributed by atoms with Crippen LogP contribution in [0.2, 0.25) is 0 Å². The Bertz CT molecular complexity index is 49.7. The molecular formula is C5H9CuNY-2. The average molecular weight is 236 g/mol. The molecule has 1 nitrogen and oxygen atoms in total. The molecule has 0 aliphatic carbocycles. The van der Waals surface area contributed by atoms with E-state index in [1.54, 1.807) is 0 Å². The summed E-state index contributed by atoms with van der Waals surface area (Å²) in [5.74, 6) is 0. The van der Waals surface area contributed by atoms with E-state index in [1.165, 1.54) is 0 Å². The largest absolute Gasteiger partial charge is 0.533 e. The fourth-order valence-electron chi connectivity index (χ4n) is 0.0861. The van der Waals surface area contributed by atoms with E-state index >= 15 is 0 Å². The summed E-state index contributed by atoms with van der Waals surface area (Å²) in [6.07, 6.45) is 1.93. The van der Waals surface area contributed by atoms with E-state index in [0.717, 1.165) is 0 Å². The van der Waals surface area contributed by atoms with Gasteiger partial charge in [0.2, 0.25) is 0 Å². The van der Waals surface area contributed by atoms with Crippen LogP contribution in [-0.2, 0) is 49.8 Å². The van der Waals surface area contributed by atoms with Crippen molar-refractivity contribution in [2.45, 2.75) is 19.9 Å². The zero-order valence-electron chi connectivity index (χ0n) is 5.06.